The van der Waals surface area contributed by atoms with E-state index in [0.29, 0.717) is 22.0 Å². The summed E-state index contributed by atoms with van der Waals surface area (Å²) >= 11 is 15.2. The van der Waals surface area contributed by atoms with Crippen molar-refractivity contribution in [2.45, 2.75) is 6.92 Å². The molecule has 0 saturated carbocycles. The monoisotopic (exact) mass is 472 g/mol. The molecule has 0 aliphatic carbocycles. The second kappa shape index (κ2) is 9.73. The highest BCUT2D eigenvalue weighted by atomic mass is 79.9. The first-order chi connectivity index (χ1) is 12.8. The first-order valence-corrected chi connectivity index (χ1v) is 9.16. The number of pyridine rings is 1. The zero-order valence-electron chi connectivity index (χ0n) is 14.4. The predicted octanol–water partition coefficient (Wildman–Crippen LogP) is 4.66. The molecule has 0 atom stereocenters. The largest absolute Gasteiger partial charge is 0.496 e. The van der Waals surface area contributed by atoms with E-state index in [9.17, 15) is 9.59 Å². The maximum absolute atomic E-state index is 11.9. The van der Waals surface area contributed by atoms with Gasteiger partial charge in [-0.15, -0.1) is 0 Å². The number of anilines is 1. The van der Waals surface area contributed by atoms with E-state index < -0.39 is 18.5 Å². The molecule has 1 heterocycles. The fraction of sp³-hybridized carbons (Fsp3) is 0.167. The maximum Gasteiger partial charge on any atom is 0.331 e. The fourth-order valence-electron chi connectivity index (χ4n) is 1.99. The summed E-state index contributed by atoms with van der Waals surface area (Å²) in [7, 11) is 1.53. The second-order valence-corrected chi connectivity index (χ2v) is 6.99. The number of benzene rings is 1. The minimum atomic E-state index is -0.682. The number of methoxy groups -OCH3 is 1. The number of aryl methyl sites for hydroxylation is 1. The first kappa shape index (κ1) is 21.2. The molecule has 0 unspecified atom stereocenters. The van der Waals surface area contributed by atoms with Crippen LogP contribution in [0.1, 0.15) is 11.3 Å². The Morgan fingerprint density at radius 2 is 2.00 bits per heavy atom. The molecule has 1 amide bonds. The van der Waals surface area contributed by atoms with Crippen molar-refractivity contribution in [2.75, 3.05) is 19.0 Å². The Hall–Kier alpha value is -2.09. The zero-order valence-corrected chi connectivity index (χ0v) is 17.5. The van der Waals surface area contributed by atoms with Crippen molar-refractivity contribution in [1.82, 2.24) is 4.98 Å². The van der Waals surface area contributed by atoms with Crippen LogP contribution in [0.15, 0.2) is 34.8 Å². The molecule has 0 aliphatic heterocycles. The highest BCUT2D eigenvalue weighted by molar-refractivity contribution is 9.10. The molecule has 9 heteroatoms. The quantitative estimate of drug-likeness (QED) is 0.487. The second-order valence-electron chi connectivity index (χ2n) is 5.26. The lowest BCUT2D eigenvalue weighted by Crippen LogP contribution is -2.21. The van der Waals surface area contributed by atoms with Gasteiger partial charge in [0.2, 0.25) is 0 Å². The number of carbonyl (C=O) groups is 2. The van der Waals surface area contributed by atoms with E-state index in [0.717, 1.165) is 4.47 Å². The topological polar surface area (TPSA) is 77.5 Å². The van der Waals surface area contributed by atoms with Gasteiger partial charge >= 0.3 is 5.97 Å². The van der Waals surface area contributed by atoms with E-state index >= 15 is 0 Å². The van der Waals surface area contributed by atoms with E-state index in [-0.39, 0.29) is 10.8 Å². The molecule has 0 bridgehead atoms. The molecule has 0 spiro atoms. The number of hydrogen-bond acceptors (Lipinski definition) is 5. The van der Waals surface area contributed by atoms with E-state index in [2.05, 4.69) is 26.2 Å². The van der Waals surface area contributed by atoms with Gasteiger partial charge in [-0.1, -0.05) is 39.1 Å². The number of hydrogen-bond donors (Lipinski definition) is 1. The number of nitrogens with one attached hydrogen (secondary N) is 1. The average Bonchev–Trinajstić information content (AvgIpc) is 2.63. The lowest BCUT2D eigenvalue weighted by molar-refractivity contribution is -0.142. The third-order valence-corrected chi connectivity index (χ3v) is 4.46. The molecular weight excluding hydrogens is 459 g/mol. The molecule has 27 heavy (non-hydrogen) atoms. The molecule has 142 valence electrons. The lowest BCUT2D eigenvalue weighted by Gasteiger charge is -2.08. The van der Waals surface area contributed by atoms with Crippen LogP contribution in [-0.4, -0.2) is 30.6 Å². The number of carbonyl (C=O) groups excluding carboxylic acids is 2. The van der Waals surface area contributed by atoms with Gasteiger partial charge in [-0.25, -0.2) is 9.78 Å². The van der Waals surface area contributed by atoms with Crippen molar-refractivity contribution in [3.05, 3.63) is 56.1 Å². The highest BCUT2D eigenvalue weighted by Crippen LogP contribution is 2.26. The molecule has 1 aromatic carbocycles. The molecule has 1 N–H and O–H groups in total. The van der Waals surface area contributed by atoms with Gasteiger partial charge in [-0.2, -0.15) is 0 Å². The fourth-order valence-corrected chi connectivity index (χ4v) is 2.78. The first-order valence-electron chi connectivity index (χ1n) is 7.61. The number of aromatic nitrogens is 1. The Morgan fingerprint density at radius 1 is 1.26 bits per heavy atom. The van der Waals surface area contributed by atoms with Crippen molar-refractivity contribution in [2.24, 2.45) is 0 Å². The number of amides is 1. The smallest absolute Gasteiger partial charge is 0.331 e. The van der Waals surface area contributed by atoms with Gasteiger partial charge in [0.15, 0.2) is 12.4 Å². The van der Waals surface area contributed by atoms with Crippen molar-refractivity contribution >= 4 is 62.9 Å². The van der Waals surface area contributed by atoms with Gasteiger partial charge in [-0.3, -0.25) is 4.79 Å². The van der Waals surface area contributed by atoms with Gasteiger partial charge < -0.3 is 14.8 Å². The van der Waals surface area contributed by atoms with Gasteiger partial charge in [0.25, 0.3) is 5.91 Å². The summed E-state index contributed by atoms with van der Waals surface area (Å²) in [5.41, 5.74) is 1.19. The number of nitrogens with zero attached hydrogens (tertiary/aromatic N) is 1. The van der Waals surface area contributed by atoms with Crippen LogP contribution >= 0.6 is 39.1 Å². The van der Waals surface area contributed by atoms with Crippen LogP contribution in [0.5, 0.6) is 5.75 Å². The number of rotatable bonds is 6. The molecule has 0 aliphatic rings. The van der Waals surface area contributed by atoms with Gasteiger partial charge in [0, 0.05) is 16.1 Å². The Bertz CT molecular complexity index is 903. The zero-order chi connectivity index (χ0) is 20.0. The van der Waals surface area contributed by atoms with E-state index in [1.54, 1.807) is 19.1 Å². The van der Waals surface area contributed by atoms with Crippen molar-refractivity contribution in [3.8, 4) is 5.75 Å². The summed E-state index contributed by atoms with van der Waals surface area (Å²) in [5, 5.41) is 3.04. The predicted molar refractivity (Wildman–Crippen MR) is 108 cm³/mol. The van der Waals surface area contributed by atoms with Gasteiger partial charge in [-0.05, 0) is 37.3 Å². The Morgan fingerprint density at radius 3 is 2.70 bits per heavy atom. The Kier molecular flexibility index (Phi) is 7.65. The van der Waals surface area contributed by atoms with Crippen LogP contribution in [0.2, 0.25) is 10.0 Å². The minimum absolute atomic E-state index is 0.147. The summed E-state index contributed by atoms with van der Waals surface area (Å²) < 4.78 is 10.9. The maximum atomic E-state index is 11.9. The molecular formula is C18H15BrCl2N2O4. The summed E-state index contributed by atoms with van der Waals surface area (Å²) in [6, 6.07) is 6.83. The highest BCUT2D eigenvalue weighted by Gasteiger charge is 2.11. The summed E-state index contributed by atoms with van der Waals surface area (Å²) in [6.45, 7) is 1.19. The molecule has 2 aromatic rings. The van der Waals surface area contributed by atoms with E-state index in [4.69, 9.17) is 32.7 Å². The van der Waals surface area contributed by atoms with Crippen LogP contribution in [0.4, 0.5) is 5.82 Å². The molecule has 1 aromatic heterocycles. The molecule has 2 rings (SSSR count). The van der Waals surface area contributed by atoms with Crippen molar-refractivity contribution < 1.29 is 19.1 Å². The minimum Gasteiger partial charge on any atom is -0.496 e. The van der Waals surface area contributed by atoms with Crippen LogP contribution in [-0.2, 0) is 14.3 Å². The molecule has 0 fully saturated rings. The molecule has 0 saturated heterocycles. The average molecular weight is 474 g/mol. The van der Waals surface area contributed by atoms with E-state index in [1.165, 1.54) is 25.3 Å². The van der Waals surface area contributed by atoms with Crippen molar-refractivity contribution in [3.63, 3.8) is 0 Å². The summed E-state index contributed by atoms with van der Waals surface area (Å²) in [6.07, 6.45) is 2.74. The van der Waals surface area contributed by atoms with Crippen LogP contribution in [0, 0.1) is 6.92 Å². The lowest BCUT2D eigenvalue weighted by atomic mass is 10.2. The van der Waals surface area contributed by atoms with Crippen LogP contribution in [0.25, 0.3) is 6.08 Å². The van der Waals surface area contributed by atoms with Crippen molar-refractivity contribution in [1.29, 1.82) is 0 Å². The molecule has 6 nitrogen and oxygen atoms in total. The summed E-state index contributed by atoms with van der Waals surface area (Å²) in [5.74, 6) is -0.515. The molecule has 0 radical (unpaired) electrons. The van der Waals surface area contributed by atoms with Gasteiger partial charge in [0.05, 0.1) is 22.8 Å². The number of ether oxygens (including phenoxy) is 2. The summed E-state index contributed by atoms with van der Waals surface area (Å²) in [4.78, 5) is 27.8. The van der Waals surface area contributed by atoms with Crippen LogP contribution < -0.4 is 10.1 Å². The Balaban J connectivity index is 1.93. The standard InChI is InChI=1S/C18H15BrCl2N2O4/c1-10-13(20)8-14(21)18(22-10)23-16(24)9-27-17(25)6-3-11-7-12(19)4-5-15(11)26-2/h3-8H,9H2,1-2H3,(H,22,23,24)/b6-3+. The number of halogens is 3. The van der Waals surface area contributed by atoms with E-state index in [1.807, 2.05) is 6.07 Å². The van der Waals surface area contributed by atoms with Gasteiger partial charge in [0.1, 0.15) is 5.75 Å². The van der Waals surface area contributed by atoms with Crippen LogP contribution in [0.3, 0.4) is 0 Å². The third-order valence-electron chi connectivity index (χ3n) is 3.30. The normalized spacial score (nSPS) is 10.7. The number of esters is 1. The third kappa shape index (κ3) is 6.23. The SMILES string of the molecule is COc1ccc(Br)cc1/C=C/C(=O)OCC(=O)Nc1nc(C)c(Cl)cc1Cl. The Labute approximate surface area is 174 Å².